The largest absolute Gasteiger partial charge is 0.484 e. The highest BCUT2D eigenvalue weighted by atomic mass is 16.5. The minimum atomic E-state index is -0.198. The molecule has 1 fully saturated rings. The third kappa shape index (κ3) is 2.08. The van der Waals surface area contributed by atoms with Crippen molar-refractivity contribution in [3.8, 4) is 11.6 Å². The number of hydrogen-bond acceptors (Lipinski definition) is 4. The molecule has 5 heteroatoms. The lowest BCUT2D eigenvalue weighted by Gasteiger charge is -2.12. The fourth-order valence-corrected chi connectivity index (χ4v) is 1.35. The number of hydrogen-bond donors (Lipinski definition) is 1. The molecule has 1 saturated carbocycles. The van der Waals surface area contributed by atoms with Gasteiger partial charge in [0, 0.05) is 13.2 Å². The minimum Gasteiger partial charge on any atom is -0.484 e. The van der Waals surface area contributed by atoms with E-state index in [1.54, 1.807) is 13.1 Å². The van der Waals surface area contributed by atoms with Gasteiger partial charge in [-0.25, -0.2) is 4.98 Å². The van der Waals surface area contributed by atoms with Crippen LogP contribution < -0.4 is 14.8 Å². The molecule has 1 aliphatic rings. The fourth-order valence-electron chi connectivity index (χ4n) is 1.35. The van der Waals surface area contributed by atoms with E-state index in [1.807, 2.05) is 0 Å². The lowest BCUT2D eigenvalue weighted by Crippen LogP contribution is -2.19. The van der Waals surface area contributed by atoms with Crippen molar-refractivity contribution < 1.29 is 14.3 Å². The van der Waals surface area contributed by atoms with Crippen molar-refractivity contribution in [1.82, 2.24) is 10.3 Å². The van der Waals surface area contributed by atoms with Crippen LogP contribution in [0.1, 0.15) is 23.2 Å². The number of pyridine rings is 1. The molecule has 5 nitrogen and oxygen atoms in total. The maximum atomic E-state index is 11.6. The normalized spacial score (nSPS) is 14.4. The Morgan fingerprint density at radius 1 is 1.56 bits per heavy atom. The van der Waals surface area contributed by atoms with E-state index < -0.39 is 0 Å². The van der Waals surface area contributed by atoms with Crippen molar-refractivity contribution >= 4 is 5.91 Å². The first-order valence-corrected chi connectivity index (χ1v) is 5.18. The van der Waals surface area contributed by atoms with E-state index >= 15 is 0 Å². The molecule has 0 spiro atoms. The second kappa shape index (κ2) is 4.38. The fraction of sp³-hybridized carbons (Fsp3) is 0.455. The predicted octanol–water partition coefficient (Wildman–Crippen LogP) is 0.991. The van der Waals surface area contributed by atoms with Gasteiger partial charge in [-0.1, -0.05) is 0 Å². The Balaban J connectivity index is 2.36. The van der Waals surface area contributed by atoms with Crippen LogP contribution in [0.25, 0.3) is 0 Å². The molecule has 0 saturated heterocycles. The second-order valence-electron chi connectivity index (χ2n) is 3.59. The molecule has 1 heterocycles. The average Bonchev–Trinajstić information content (AvgIpc) is 3.12. The number of rotatable bonds is 4. The number of methoxy groups -OCH3 is 1. The van der Waals surface area contributed by atoms with Crippen LogP contribution in [0.5, 0.6) is 11.6 Å². The summed E-state index contributed by atoms with van der Waals surface area (Å²) in [4.78, 5) is 15.7. The van der Waals surface area contributed by atoms with Crippen LogP contribution in [0.15, 0.2) is 12.3 Å². The van der Waals surface area contributed by atoms with Gasteiger partial charge in [0.15, 0.2) is 5.75 Å². The van der Waals surface area contributed by atoms with E-state index in [-0.39, 0.29) is 12.0 Å². The standard InChI is InChI=1S/C11H14N2O3/c1-12-10(14)8-5-6-13-11(15-2)9(8)16-7-3-4-7/h5-7H,3-4H2,1-2H3,(H,12,14). The zero-order valence-electron chi connectivity index (χ0n) is 9.32. The Hall–Kier alpha value is -1.78. The SMILES string of the molecule is CNC(=O)c1ccnc(OC)c1OC1CC1. The summed E-state index contributed by atoms with van der Waals surface area (Å²) in [5.74, 6) is 0.594. The monoisotopic (exact) mass is 222 g/mol. The lowest BCUT2D eigenvalue weighted by atomic mass is 10.2. The summed E-state index contributed by atoms with van der Waals surface area (Å²) in [7, 11) is 3.09. The summed E-state index contributed by atoms with van der Waals surface area (Å²) >= 11 is 0. The molecule has 0 radical (unpaired) electrons. The summed E-state index contributed by atoms with van der Waals surface area (Å²) in [6.07, 6.45) is 3.76. The molecule has 1 aromatic rings. The van der Waals surface area contributed by atoms with E-state index in [2.05, 4.69) is 10.3 Å². The molecule has 16 heavy (non-hydrogen) atoms. The van der Waals surface area contributed by atoms with Crippen LogP contribution in [0.3, 0.4) is 0 Å². The third-order valence-corrected chi connectivity index (χ3v) is 2.35. The smallest absolute Gasteiger partial charge is 0.257 e. The van der Waals surface area contributed by atoms with Gasteiger partial charge >= 0.3 is 0 Å². The highest BCUT2D eigenvalue weighted by Crippen LogP contribution is 2.34. The Kier molecular flexibility index (Phi) is 2.94. The molecule has 0 aromatic carbocycles. The van der Waals surface area contributed by atoms with Crippen LogP contribution >= 0.6 is 0 Å². The van der Waals surface area contributed by atoms with Crippen molar-refractivity contribution in [3.63, 3.8) is 0 Å². The molecular formula is C11H14N2O3. The van der Waals surface area contributed by atoms with Crippen LogP contribution in [-0.2, 0) is 0 Å². The summed E-state index contributed by atoms with van der Waals surface area (Å²) < 4.78 is 10.7. The van der Waals surface area contributed by atoms with Gasteiger partial charge in [0.1, 0.15) is 0 Å². The zero-order chi connectivity index (χ0) is 11.5. The predicted molar refractivity (Wildman–Crippen MR) is 57.8 cm³/mol. The van der Waals surface area contributed by atoms with Crippen molar-refractivity contribution in [1.29, 1.82) is 0 Å². The summed E-state index contributed by atoms with van der Waals surface area (Å²) in [6.45, 7) is 0. The summed E-state index contributed by atoms with van der Waals surface area (Å²) in [6, 6.07) is 1.62. The number of nitrogens with zero attached hydrogens (tertiary/aromatic N) is 1. The van der Waals surface area contributed by atoms with Gasteiger partial charge < -0.3 is 14.8 Å². The number of ether oxygens (including phenoxy) is 2. The molecule has 1 aliphatic carbocycles. The molecule has 1 amide bonds. The van der Waals surface area contributed by atoms with E-state index in [4.69, 9.17) is 9.47 Å². The number of aromatic nitrogens is 1. The van der Waals surface area contributed by atoms with E-state index in [9.17, 15) is 4.79 Å². The van der Waals surface area contributed by atoms with Gasteiger partial charge in [0.25, 0.3) is 11.8 Å². The quantitative estimate of drug-likeness (QED) is 0.825. The molecule has 0 unspecified atom stereocenters. The molecule has 0 bridgehead atoms. The van der Waals surface area contributed by atoms with E-state index in [0.29, 0.717) is 17.2 Å². The lowest BCUT2D eigenvalue weighted by molar-refractivity contribution is 0.0957. The minimum absolute atomic E-state index is 0.196. The van der Waals surface area contributed by atoms with Crippen molar-refractivity contribution in [2.75, 3.05) is 14.2 Å². The summed E-state index contributed by atoms with van der Waals surface area (Å²) in [5.41, 5.74) is 0.459. The van der Waals surface area contributed by atoms with Gasteiger partial charge in [-0.15, -0.1) is 0 Å². The van der Waals surface area contributed by atoms with E-state index in [0.717, 1.165) is 12.8 Å². The Bertz CT molecular complexity index is 402. The second-order valence-corrected chi connectivity index (χ2v) is 3.59. The molecule has 86 valence electrons. The van der Waals surface area contributed by atoms with Gasteiger partial charge in [0.2, 0.25) is 0 Å². The Labute approximate surface area is 93.8 Å². The molecule has 1 aromatic heterocycles. The number of amides is 1. The molecule has 0 atom stereocenters. The van der Waals surface area contributed by atoms with Crippen molar-refractivity contribution in [2.24, 2.45) is 0 Å². The first-order chi connectivity index (χ1) is 7.76. The maximum absolute atomic E-state index is 11.6. The molecule has 0 aliphatic heterocycles. The highest BCUT2D eigenvalue weighted by Gasteiger charge is 2.28. The van der Waals surface area contributed by atoms with Crippen LogP contribution in [0.2, 0.25) is 0 Å². The Morgan fingerprint density at radius 3 is 2.88 bits per heavy atom. The molecule has 1 N–H and O–H groups in total. The first-order valence-electron chi connectivity index (χ1n) is 5.18. The van der Waals surface area contributed by atoms with Crippen molar-refractivity contribution in [2.45, 2.75) is 18.9 Å². The third-order valence-electron chi connectivity index (χ3n) is 2.35. The van der Waals surface area contributed by atoms with Crippen LogP contribution in [0.4, 0.5) is 0 Å². The zero-order valence-corrected chi connectivity index (χ0v) is 9.32. The highest BCUT2D eigenvalue weighted by molar-refractivity contribution is 5.97. The van der Waals surface area contributed by atoms with Gasteiger partial charge in [-0.05, 0) is 18.9 Å². The van der Waals surface area contributed by atoms with Crippen LogP contribution in [-0.4, -0.2) is 31.2 Å². The topological polar surface area (TPSA) is 60.5 Å². The van der Waals surface area contributed by atoms with Gasteiger partial charge in [-0.2, -0.15) is 0 Å². The molecular weight excluding hydrogens is 208 g/mol. The average molecular weight is 222 g/mol. The number of nitrogens with one attached hydrogen (secondary N) is 1. The number of carbonyl (C=O) groups is 1. The first kappa shape index (κ1) is 10.7. The van der Waals surface area contributed by atoms with E-state index in [1.165, 1.54) is 13.3 Å². The van der Waals surface area contributed by atoms with Crippen LogP contribution in [0, 0.1) is 0 Å². The Morgan fingerprint density at radius 2 is 2.31 bits per heavy atom. The summed E-state index contributed by atoms with van der Waals surface area (Å²) in [5, 5.41) is 2.56. The van der Waals surface area contributed by atoms with Crippen molar-refractivity contribution in [3.05, 3.63) is 17.8 Å². The van der Waals surface area contributed by atoms with Gasteiger partial charge in [-0.3, -0.25) is 4.79 Å². The van der Waals surface area contributed by atoms with Gasteiger partial charge in [0.05, 0.1) is 18.8 Å². The maximum Gasteiger partial charge on any atom is 0.257 e. The number of carbonyl (C=O) groups excluding carboxylic acids is 1. The molecule has 2 rings (SSSR count).